The second kappa shape index (κ2) is 5.61. The van der Waals surface area contributed by atoms with Crippen molar-refractivity contribution in [1.29, 1.82) is 0 Å². The third-order valence-electron chi connectivity index (χ3n) is 4.50. The molecule has 3 heterocycles. The lowest BCUT2D eigenvalue weighted by atomic mass is 9.98. The van der Waals surface area contributed by atoms with E-state index in [0.717, 1.165) is 19.6 Å². The van der Waals surface area contributed by atoms with Gasteiger partial charge in [0.1, 0.15) is 0 Å². The summed E-state index contributed by atoms with van der Waals surface area (Å²) in [4.78, 5) is 30.8. The Morgan fingerprint density at radius 2 is 2.19 bits per heavy atom. The number of carbonyl (C=O) groups is 1. The maximum absolute atomic E-state index is 12.7. The van der Waals surface area contributed by atoms with Crippen LogP contribution in [0, 0.1) is 6.92 Å². The van der Waals surface area contributed by atoms with Crippen LogP contribution in [-0.2, 0) is 4.74 Å². The van der Waals surface area contributed by atoms with Crippen LogP contribution >= 0.6 is 0 Å². The van der Waals surface area contributed by atoms with Crippen molar-refractivity contribution in [2.45, 2.75) is 25.5 Å². The third kappa shape index (κ3) is 2.73. The van der Waals surface area contributed by atoms with E-state index in [4.69, 9.17) is 4.74 Å². The Hall–Kier alpha value is -1.66. The fraction of sp³-hybridized carbons (Fsp3) is 0.600. The Balaban J connectivity index is 1.78. The van der Waals surface area contributed by atoms with Crippen molar-refractivity contribution < 1.29 is 9.53 Å². The van der Waals surface area contributed by atoms with Crippen molar-refractivity contribution in [3.05, 3.63) is 33.7 Å². The third-order valence-corrected chi connectivity index (χ3v) is 4.50. The number of H-pyrrole nitrogens is 1. The SMILES string of the molecule is Cc1[nH]c(=O)ccc1C(=O)N1CC[C@@H]2OCCN(C)[C@H]2C1. The number of nitrogens with one attached hydrogen (secondary N) is 1. The van der Waals surface area contributed by atoms with E-state index in [1.165, 1.54) is 6.07 Å². The molecule has 0 aliphatic carbocycles. The number of fused-ring (bicyclic) bond motifs is 1. The van der Waals surface area contributed by atoms with E-state index in [1.54, 1.807) is 13.0 Å². The lowest BCUT2D eigenvalue weighted by Crippen LogP contribution is -2.59. The molecule has 2 fully saturated rings. The van der Waals surface area contributed by atoms with Gasteiger partial charge in [0.15, 0.2) is 0 Å². The predicted octanol–water partition coefficient (Wildman–Crippen LogP) is 0.228. The molecule has 0 spiro atoms. The molecular formula is C15H21N3O3. The highest BCUT2D eigenvalue weighted by atomic mass is 16.5. The van der Waals surface area contributed by atoms with Crippen LogP contribution in [0.15, 0.2) is 16.9 Å². The molecule has 6 nitrogen and oxygen atoms in total. The number of pyridine rings is 1. The molecule has 21 heavy (non-hydrogen) atoms. The summed E-state index contributed by atoms with van der Waals surface area (Å²) < 4.78 is 5.80. The zero-order valence-corrected chi connectivity index (χ0v) is 12.5. The van der Waals surface area contributed by atoms with Gasteiger partial charge in [0.25, 0.3) is 5.91 Å². The van der Waals surface area contributed by atoms with E-state index in [2.05, 4.69) is 16.9 Å². The van der Waals surface area contributed by atoms with Crippen molar-refractivity contribution in [3.63, 3.8) is 0 Å². The number of morpholine rings is 1. The normalized spacial score (nSPS) is 26.5. The lowest BCUT2D eigenvalue weighted by molar-refractivity contribution is -0.0893. The van der Waals surface area contributed by atoms with Crippen molar-refractivity contribution >= 4 is 5.91 Å². The summed E-state index contributed by atoms with van der Waals surface area (Å²) in [6.45, 7) is 4.81. The fourth-order valence-electron chi connectivity index (χ4n) is 3.21. The van der Waals surface area contributed by atoms with Crippen LogP contribution in [-0.4, -0.2) is 66.1 Å². The molecule has 1 aromatic heterocycles. The molecule has 3 rings (SSSR count). The molecule has 1 aromatic rings. The van der Waals surface area contributed by atoms with Gasteiger partial charge in [-0.2, -0.15) is 0 Å². The summed E-state index contributed by atoms with van der Waals surface area (Å²) in [7, 11) is 2.08. The van der Waals surface area contributed by atoms with Crippen LogP contribution < -0.4 is 5.56 Å². The van der Waals surface area contributed by atoms with E-state index in [9.17, 15) is 9.59 Å². The van der Waals surface area contributed by atoms with Crippen LogP contribution in [0.4, 0.5) is 0 Å². The molecule has 6 heteroatoms. The maximum Gasteiger partial charge on any atom is 0.255 e. The number of aromatic nitrogens is 1. The summed E-state index contributed by atoms with van der Waals surface area (Å²) in [6.07, 6.45) is 1.09. The Morgan fingerprint density at radius 1 is 1.38 bits per heavy atom. The molecule has 2 aliphatic rings. The highest BCUT2D eigenvalue weighted by Gasteiger charge is 2.37. The molecule has 114 valence electrons. The standard InChI is InChI=1S/C15H21N3O3/c1-10-11(3-4-14(19)16-10)15(20)18-6-5-13-12(9-18)17(2)7-8-21-13/h3-4,12-13H,5-9H2,1-2H3,(H,16,19)/t12-,13-/m0/s1. The fourth-order valence-corrected chi connectivity index (χ4v) is 3.21. The molecule has 1 amide bonds. The number of nitrogens with zero attached hydrogens (tertiary/aromatic N) is 2. The number of likely N-dealkylation sites (N-methyl/N-ethyl adjacent to an activating group) is 1. The van der Waals surface area contributed by atoms with Gasteiger partial charge in [-0.1, -0.05) is 0 Å². The van der Waals surface area contributed by atoms with Crippen molar-refractivity contribution in [2.24, 2.45) is 0 Å². The second-order valence-corrected chi connectivity index (χ2v) is 5.86. The molecule has 0 aromatic carbocycles. The first-order valence-corrected chi connectivity index (χ1v) is 7.37. The Labute approximate surface area is 123 Å². The average Bonchev–Trinajstić information content (AvgIpc) is 2.47. The number of carbonyl (C=O) groups excluding carboxylic acids is 1. The minimum atomic E-state index is -0.178. The van der Waals surface area contributed by atoms with Crippen LogP contribution in [0.5, 0.6) is 0 Å². The predicted molar refractivity (Wildman–Crippen MR) is 78.5 cm³/mol. The monoisotopic (exact) mass is 291 g/mol. The van der Waals surface area contributed by atoms with Gasteiger partial charge in [-0.15, -0.1) is 0 Å². The first-order valence-electron chi connectivity index (χ1n) is 7.37. The summed E-state index contributed by atoms with van der Waals surface area (Å²) >= 11 is 0. The highest BCUT2D eigenvalue weighted by Crippen LogP contribution is 2.23. The summed E-state index contributed by atoms with van der Waals surface area (Å²) in [6, 6.07) is 3.28. The van der Waals surface area contributed by atoms with Gasteiger partial charge in [0.05, 0.1) is 24.3 Å². The average molecular weight is 291 g/mol. The van der Waals surface area contributed by atoms with Crippen molar-refractivity contribution in [3.8, 4) is 0 Å². The number of likely N-dealkylation sites (tertiary alicyclic amines) is 1. The van der Waals surface area contributed by atoms with Gasteiger partial charge < -0.3 is 14.6 Å². The van der Waals surface area contributed by atoms with E-state index in [0.29, 0.717) is 24.3 Å². The number of piperidine rings is 1. The second-order valence-electron chi connectivity index (χ2n) is 5.86. The first kappa shape index (κ1) is 14.3. The van der Waals surface area contributed by atoms with Gasteiger partial charge in [0.2, 0.25) is 5.56 Å². The molecule has 1 N–H and O–H groups in total. The van der Waals surface area contributed by atoms with E-state index in [1.807, 2.05) is 4.90 Å². The molecular weight excluding hydrogens is 270 g/mol. The Kier molecular flexibility index (Phi) is 3.82. The number of ether oxygens (including phenoxy) is 1. The molecule has 0 bridgehead atoms. The summed E-state index contributed by atoms with van der Waals surface area (Å²) in [5.41, 5.74) is 1.03. The van der Waals surface area contributed by atoms with Crippen LogP contribution in [0.3, 0.4) is 0 Å². The van der Waals surface area contributed by atoms with Crippen molar-refractivity contribution in [2.75, 3.05) is 33.3 Å². The van der Waals surface area contributed by atoms with Gasteiger partial charge in [-0.05, 0) is 26.5 Å². The molecule has 0 radical (unpaired) electrons. The quantitative estimate of drug-likeness (QED) is 0.804. The zero-order valence-electron chi connectivity index (χ0n) is 12.5. The van der Waals surface area contributed by atoms with E-state index >= 15 is 0 Å². The van der Waals surface area contributed by atoms with Gasteiger partial charge in [-0.25, -0.2) is 0 Å². The Morgan fingerprint density at radius 3 is 2.95 bits per heavy atom. The topological polar surface area (TPSA) is 65.6 Å². The number of aromatic amines is 1. The number of hydrogen-bond acceptors (Lipinski definition) is 4. The van der Waals surface area contributed by atoms with Gasteiger partial charge in [0, 0.05) is 31.4 Å². The maximum atomic E-state index is 12.7. The van der Waals surface area contributed by atoms with Crippen LogP contribution in [0.25, 0.3) is 0 Å². The van der Waals surface area contributed by atoms with Gasteiger partial charge >= 0.3 is 0 Å². The first-order chi connectivity index (χ1) is 10.1. The lowest BCUT2D eigenvalue weighted by Gasteiger charge is -2.45. The van der Waals surface area contributed by atoms with Crippen LogP contribution in [0.1, 0.15) is 22.5 Å². The number of rotatable bonds is 1. The molecule has 0 unspecified atom stereocenters. The Bertz CT molecular complexity index is 598. The zero-order chi connectivity index (χ0) is 15.0. The summed E-state index contributed by atoms with van der Waals surface area (Å²) in [5, 5.41) is 0. The molecule has 0 saturated carbocycles. The van der Waals surface area contributed by atoms with E-state index < -0.39 is 0 Å². The smallest absolute Gasteiger partial charge is 0.255 e. The number of hydrogen-bond donors (Lipinski definition) is 1. The van der Waals surface area contributed by atoms with E-state index in [-0.39, 0.29) is 23.6 Å². The minimum Gasteiger partial charge on any atom is -0.375 e. The highest BCUT2D eigenvalue weighted by molar-refractivity contribution is 5.95. The van der Waals surface area contributed by atoms with Crippen LogP contribution in [0.2, 0.25) is 0 Å². The molecule has 2 aliphatic heterocycles. The number of amides is 1. The van der Waals surface area contributed by atoms with Gasteiger partial charge in [-0.3, -0.25) is 14.5 Å². The summed E-state index contributed by atoms with van der Waals surface area (Å²) in [5.74, 6) is -0.0128. The molecule has 2 atom stereocenters. The largest absolute Gasteiger partial charge is 0.375 e. The minimum absolute atomic E-state index is 0.0128. The molecule has 2 saturated heterocycles. The number of aryl methyl sites for hydroxylation is 1. The van der Waals surface area contributed by atoms with Crippen molar-refractivity contribution in [1.82, 2.24) is 14.8 Å².